The van der Waals surface area contributed by atoms with Crippen LogP contribution in [0, 0.1) is 5.41 Å². The molecule has 6 heteroatoms. The van der Waals surface area contributed by atoms with E-state index >= 15 is 0 Å². The van der Waals surface area contributed by atoms with Crippen molar-refractivity contribution in [2.45, 2.75) is 32.7 Å². The summed E-state index contributed by atoms with van der Waals surface area (Å²) in [7, 11) is 4.05. The second-order valence-electron chi connectivity index (χ2n) is 5.79. The monoisotopic (exact) mass is 363 g/mol. The number of halogens is 2. The molecule has 1 amide bonds. The maximum absolute atomic E-state index is 12.5. The molecule has 0 bridgehead atoms. The predicted molar refractivity (Wildman–Crippen MR) is 102 cm³/mol. The van der Waals surface area contributed by atoms with E-state index < -0.39 is 5.41 Å². The van der Waals surface area contributed by atoms with Crippen LogP contribution in [0.2, 0.25) is 0 Å². The molecule has 0 fully saturated rings. The average Bonchev–Trinajstić information content (AvgIpc) is 2.50. The Hall–Kier alpha value is -0.810. The Labute approximate surface area is 153 Å². The van der Waals surface area contributed by atoms with Gasteiger partial charge in [-0.1, -0.05) is 44.2 Å². The summed E-state index contributed by atoms with van der Waals surface area (Å²) in [5.41, 5.74) is 6.60. The van der Waals surface area contributed by atoms with Crippen LogP contribution < -0.4 is 11.1 Å². The fourth-order valence-electron chi connectivity index (χ4n) is 2.60. The van der Waals surface area contributed by atoms with Crippen LogP contribution in [0.3, 0.4) is 0 Å². The summed E-state index contributed by atoms with van der Waals surface area (Å²) in [6.45, 7) is 5.04. The van der Waals surface area contributed by atoms with Gasteiger partial charge in [0.25, 0.3) is 0 Å². The number of likely N-dealkylation sites (N-methyl/N-ethyl adjacent to an activating group) is 1. The molecule has 134 valence electrons. The van der Waals surface area contributed by atoms with Crippen molar-refractivity contribution in [3.05, 3.63) is 35.9 Å². The van der Waals surface area contributed by atoms with Crippen LogP contribution in [0.4, 0.5) is 0 Å². The van der Waals surface area contributed by atoms with E-state index in [2.05, 4.69) is 22.3 Å². The normalized spacial score (nSPS) is 12.1. The van der Waals surface area contributed by atoms with Gasteiger partial charge in [-0.05, 0) is 32.5 Å². The van der Waals surface area contributed by atoms with Crippen molar-refractivity contribution in [2.24, 2.45) is 11.1 Å². The summed E-state index contributed by atoms with van der Waals surface area (Å²) >= 11 is 0. The van der Waals surface area contributed by atoms with Gasteiger partial charge in [0.05, 0.1) is 11.5 Å². The SMILES string of the molecule is CCC(CC)(CN)C(=O)NCC(c1ccccc1)N(C)C.Cl.Cl. The van der Waals surface area contributed by atoms with Gasteiger partial charge in [-0.25, -0.2) is 0 Å². The molecule has 1 aromatic carbocycles. The van der Waals surface area contributed by atoms with E-state index in [9.17, 15) is 4.79 Å². The van der Waals surface area contributed by atoms with Gasteiger partial charge in [0, 0.05) is 13.1 Å². The summed E-state index contributed by atoms with van der Waals surface area (Å²) in [4.78, 5) is 14.6. The van der Waals surface area contributed by atoms with Crippen molar-refractivity contribution in [2.75, 3.05) is 27.2 Å². The summed E-state index contributed by atoms with van der Waals surface area (Å²) in [5.74, 6) is 0.0674. The van der Waals surface area contributed by atoms with Crippen molar-refractivity contribution in [3.63, 3.8) is 0 Å². The minimum atomic E-state index is -0.437. The van der Waals surface area contributed by atoms with Crippen LogP contribution in [0.25, 0.3) is 0 Å². The van der Waals surface area contributed by atoms with Crippen LogP contribution in [0.5, 0.6) is 0 Å². The molecule has 0 aromatic heterocycles. The number of benzene rings is 1. The van der Waals surface area contributed by atoms with E-state index in [0.29, 0.717) is 13.1 Å². The lowest BCUT2D eigenvalue weighted by Gasteiger charge is -2.31. The van der Waals surface area contributed by atoms with Crippen LogP contribution in [0.15, 0.2) is 30.3 Å². The van der Waals surface area contributed by atoms with E-state index in [1.807, 2.05) is 46.1 Å². The zero-order valence-corrected chi connectivity index (χ0v) is 16.2. The number of amides is 1. The molecule has 0 aliphatic carbocycles. The molecule has 4 nitrogen and oxygen atoms in total. The van der Waals surface area contributed by atoms with Crippen molar-refractivity contribution >= 4 is 30.7 Å². The number of hydrogen-bond acceptors (Lipinski definition) is 3. The molecule has 0 spiro atoms. The fourth-order valence-corrected chi connectivity index (χ4v) is 2.60. The van der Waals surface area contributed by atoms with Gasteiger partial charge in [-0.3, -0.25) is 4.79 Å². The second-order valence-corrected chi connectivity index (χ2v) is 5.79. The van der Waals surface area contributed by atoms with Gasteiger partial charge in [0.1, 0.15) is 0 Å². The molecule has 0 aliphatic heterocycles. The smallest absolute Gasteiger partial charge is 0.227 e. The lowest BCUT2D eigenvalue weighted by Crippen LogP contribution is -2.47. The molecule has 1 atom stereocenters. The molecular formula is C17H31Cl2N3O. The second kappa shape index (κ2) is 11.7. The lowest BCUT2D eigenvalue weighted by molar-refractivity contribution is -0.131. The highest BCUT2D eigenvalue weighted by molar-refractivity contribution is 5.85. The van der Waals surface area contributed by atoms with Gasteiger partial charge >= 0.3 is 0 Å². The number of carbonyl (C=O) groups excluding carboxylic acids is 1. The molecule has 23 heavy (non-hydrogen) atoms. The summed E-state index contributed by atoms with van der Waals surface area (Å²) in [6, 6.07) is 10.4. The van der Waals surface area contributed by atoms with Crippen LogP contribution in [-0.4, -0.2) is 38.0 Å². The summed E-state index contributed by atoms with van der Waals surface area (Å²) < 4.78 is 0. The third-order valence-corrected chi connectivity index (χ3v) is 4.49. The highest BCUT2D eigenvalue weighted by atomic mass is 35.5. The highest BCUT2D eigenvalue weighted by Gasteiger charge is 2.33. The first kappa shape index (κ1) is 24.4. The van der Waals surface area contributed by atoms with Gasteiger partial charge in [-0.15, -0.1) is 24.8 Å². The molecule has 0 saturated heterocycles. The summed E-state index contributed by atoms with van der Waals surface area (Å²) in [6.07, 6.45) is 1.54. The highest BCUT2D eigenvalue weighted by Crippen LogP contribution is 2.25. The Morgan fingerprint density at radius 3 is 2.09 bits per heavy atom. The van der Waals surface area contributed by atoms with E-state index in [4.69, 9.17) is 5.73 Å². The summed E-state index contributed by atoms with van der Waals surface area (Å²) in [5, 5.41) is 3.10. The molecule has 0 heterocycles. The number of nitrogens with two attached hydrogens (primary N) is 1. The molecule has 1 aromatic rings. The van der Waals surface area contributed by atoms with Crippen molar-refractivity contribution in [1.29, 1.82) is 0 Å². The largest absolute Gasteiger partial charge is 0.354 e. The first-order chi connectivity index (χ1) is 10.0. The maximum Gasteiger partial charge on any atom is 0.227 e. The Balaban J connectivity index is 0. The number of nitrogens with zero attached hydrogens (tertiary/aromatic N) is 1. The van der Waals surface area contributed by atoms with Gasteiger partial charge in [0.2, 0.25) is 5.91 Å². The molecule has 0 radical (unpaired) electrons. The molecule has 3 N–H and O–H groups in total. The van der Waals surface area contributed by atoms with Crippen LogP contribution in [0.1, 0.15) is 38.3 Å². The van der Waals surface area contributed by atoms with E-state index in [-0.39, 0.29) is 36.8 Å². The Morgan fingerprint density at radius 2 is 1.70 bits per heavy atom. The molecular weight excluding hydrogens is 333 g/mol. The molecule has 1 unspecified atom stereocenters. The Morgan fingerprint density at radius 1 is 1.17 bits per heavy atom. The number of hydrogen-bond donors (Lipinski definition) is 2. The quantitative estimate of drug-likeness (QED) is 0.746. The van der Waals surface area contributed by atoms with Gasteiger partial charge in [0.15, 0.2) is 0 Å². The fraction of sp³-hybridized carbons (Fsp3) is 0.588. The topological polar surface area (TPSA) is 58.4 Å². The number of carbonyl (C=O) groups is 1. The molecule has 1 rings (SSSR count). The third kappa shape index (κ3) is 6.30. The van der Waals surface area contributed by atoms with Crippen molar-refractivity contribution < 1.29 is 4.79 Å². The number of rotatable bonds is 8. The standard InChI is InChI=1S/C17H29N3O.2ClH/c1-5-17(6-2,13-18)16(21)19-12-15(20(3)4)14-10-8-7-9-11-14;;/h7-11,15H,5-6,12-13,18H2,1-4H3,(H,19,21);2*1H. The first-order valence-corrected chi connectivity index (χ1v) is 7.70. The van der Waals surface area contributed by atoms with Crippen molar-refractivity contribution in [1.82, 2.24) is 10.2 Å². The van der Waals surface area contributed by atoms with E-state index in [1.54, 1.807) is 0 Å². The van der Waals surface area contributed by atoms with Crippen LogP contribution in [-0.2, 0) is 4.79 Å². The minimum absolute atomic E-state index is 0. The third-order valence-electron chi connectivity index (χ3n) is 4.49. The first-order valence-electron chi connectivity index (χ1n) is 7.70. The average molecular weight is 364 g/mol. The number of nitrogens with one attached hydrogen (secondary N) is 1. The van der Waals surface area contributed by atoms with E-state index in [1.165, 1.54) is 5.56 Å². The zero-order valence-electron chi connectivity index (χ0n) is 14.5. The minimum Gasteiger partial charge on any atom is -0.354 e. The molecule has 0 saturated carbocycles. The Bertz CT molecular complexity index is 428. The molecule has 0 aliphatic rings. The van der Waals surface area contributed by atoms with Gasteiger partial charge < -0.3 is 16.0 Å². The Kier molecular flexibility index (Phi) is 12.4. The maximum atomic E-state index is 12.5. The lowest BCUT2D eigenvalue weighted by atomic mass is 9.81. The van der Waals surface area contributed by atoms with Gasteiger partial charge in [-0.2, -0.15) is 0 Å². The van der Waals surface area contributed by atoms with Crippen molar-refractivity contribution in [3.8, 4) is 0 Å². The predicted octanol–water partition coefficient (Wildman–Crippen LogP) is 3.01. The van der Waals surface area contributed by atoms with E-state index in [0.717, 1.165) is 12.8 Å². The van der Waals surface area contributed by atoms with Crippen LogP contribution >= 0.6 is 24.8 Å². The zero-order chi connectivity index (χ0) is 15.9.